The van der Waals surface area contributed by atoms with E-state index in [9.17, 15) is 0 Å². The fourth-order valence-corrected chi connectivity index (χ4v) is 13.6. The number of nitrogens with zero attached hydrogens (tertiary/aromatic N) is 10. The Bertz CT molecular complexity index is 4940. The summed E-state index contributed by atoms with van der Waals surface area (Å²) in [5.74, 6) is 4.30. The summed E-state index contributed by atoms with van der Waals surface area (Å²) in [6.45, 7) is 4.43. The van der Waals surface area contributed by atoms with Gasteiger partial charge < -0.3 is 0 Å². The lowest BCUT2D eigenvalue weighted by Gasteiger charge is -2.15. The van der Waals surface area contributed by atoms with Gasteiger partial charge in [0.1, 0.15) is 5.82 Å². The average Bonchev–Trinajstić information content (AvgIpc) is 4.36. The summed E-state index contributed by atoms with van der Waals surface area (Å²) < 4.78 is 9.48. The number of aromatic nitrogens is 10. The zero-order valence-corrected chi connectivity index (χ0v) is 43.6. The Labute approximate surface area is 453 Å². The summed E-state index contributed by atoms with van der Waals surface area (Å²) in [4.78, 5) is 41.5. The van der Waals surface area contributed by atoms with Crippen LogP contribution in [0.5, 0.6) is 0 Å². The molecule has 0 unspecified atom stereocenters. The van der Waals surface area contributed by atoms with Crippen molar-refractivity contribution >= 4 is 107 Å². The predicted molar refractivity (Wildman–Crippen MR) is 320 cm³/mol. The highest BCUT2D eigenvalue weighted by molar-refractivity contribution is 7.26. The van der Waals surface area contributed by atoms with Crippen LogP contribution in [0.25, 0.3) is 153 Å². The van der Waals surface area contributed by atoms with Gasteiger partial charge in [-0.1, -0.05) is 133 Å². The summed E-state index contributed by atoms with van der Waals surface area (Å²) in [6, 6.07) is 69.5. The summed E-state index contributed by atoms with van der Waals surface area (Å²) in [5.41, 5.74) is 9.84. The molecule has 0 bridgehead atoms. The molecule has 12 heteroatoms. The number of thiophene rings is 2. The van der Waals surface area contributed by atoms with Gasteiger partial charge in [-0.15, -0.1) is 22.7 Å². The number of fused-ring (bicyclic) bond motifs is 13. The van der Waals surface area contributed by atoms with Crippen molar-refractivity contribution in [3.63, 3.8) is 0 Å². The lowest BCUT2D eigenvalue weighted by atomic mass is 9.98. The summed E-state index contributed by atoms with van der Waals surface area (Å²) in [7, 11) is 0. The Morgan fingerprint density at radius 2 is 0.744 bits per heavy atom. The highest BCUT2D eigenvalue weighted by Crippen LogP contribution is 2.46. The number of benzene rings is 9. The number of hydrogen-bond acceptors (Lipinski definition) is 10. The number of hydrogen-bond donors (Lipinski definition) is 0. The second-order valence-electron chi connectivity index (χ2n) is 19.6. The molecule has 7 heterocycles. The van der Waals surface area contributed by atoms with Gasteiger partial charge >= 0.3 is 0 Å². The van der Waals surface area contributed by atoms with Crippen molar-refractivity contribution in [1.82, 2.24) is 49.0 Å². The molecule has 0 atom stereocenters. The first kappa shape index (κ1) is 44.4. The maximum Gasteiger partial charge on any atom is 0.238 e. The van der Waals surface area contributed by atoms with E-state index < -0.39 is 0 Å². The van der Waals surface area contributed by atoms with Crippen LogP contribution in [0.1, 0.15) is 11.1 Å². The Hall–Kier alpha value is -9.88. The van der Waals surface area contributed by atoms with Crippen molar-refractivity contribution in [3.05, 3.63) is 218 Å². The van der Waals surface area contributed by atoms with Gasteiger partial charge in [-0.25, -0.2) is 29.9 Å². The minimum Gasteiger partial charge on any atom is -0.293 e. The Morgan fingerprint density at radius 1 is 0.321 bits per heavy atom. The van der Waals surface area contributed by atoms with Crippen molar-refractivity contribution in [2.45, 2.75) is 13.8 Å². The molecule has 9 aromatic carbocycles. The Kier molecular flexibility index (Phi) is 9.87. The van der Waals surface area contributed by atoms with Crippen LogP contribution >= 0.6 is 22.7 Å². The largest absolute Gasteiger partial charge is 0.293 e. The van der Waals surface area contributed by atoms with Crippen LogP contribution < -0.4 is 0 Å². The number of rotatable bonds is 7. The Morgan fingerprint density at radius 3 is 1.28 bits per heavy atom. The van der Waals surface area contributed by atoms with E-state index in [1.165, 1.54) is 40.3 Å². The molecule has 0 aliphatic heterocycles. The molecule has 78 heavy (non-hydrogen) atoms. The van der Waals surface area contributed by atoms with E-state index in [1.54, 1.807) is 28.9 Å². The van der Waals surface area contributed by atoms with Crippen LogP contribution in [0.4, 0.5) is 0 Å². The molecule has 0 radical (unpaired) electrons. The quantitative estimate of drug-likeness (QED) is 0.155. The summed E-state index contributed by atoms with van der Waals surface area (Å²) >= 11 is 3.61. The van der Waals surface area contributed by atoms with Crippen LogP contribution in [0.3, 0.4) is 0 Å². The zero-order chi connectivity index (χ0) is 51.6. The van der Waals surface area contributed by atoms with Crippen LogP contribution in [-0.2, 0) is 0 Å². The number of aryl methyl sites for hydroxylation is 2. The molecule has 0 fully saturated rings. The van der Waals surface area contributed by atoms with Crippen molar-refractivity contribution in [3.8, 4) is 69.0 Å². The zero-order valence-electron chi connectivity index (χ0n) is 41.9. The van der Waals surface area contributed by atoms with Gasteiger partial charge in [-0.3, -0.25) is 9.13 Å². The van der Waals surface area contributed by atoms with Crippen LogP contribution in [0, 0.1) is 13.8 Å². The number of para-hydroxylation sites is 2. The molecule has 10 nitrogen and oxygen atoms in total. The predicted octanol–water partition coefficient (Wildman–Crippen LogP) is 16.7. The normalized spacial score (nSPS) is 12.0. The standard InChI is InChI=1S/C66H40N10S2/c1-37-38(2)59-57(56-45-23-9-13-25-49(45)75(58(37)56)55-33-34-67-64(68-55)65-71-60(39-17-5-3-6-18-39)69-61(72-65)40-19-7-4-8-20-40)46-24-10-14-26-50(46)76(59)66-73-62(41-29-31-53-47(35-41)43-21-11-15-27-51(43)77-53)70-63(74-66)42-30-32-54-48(36-42)44-22-12-16-28-52(44)78-54/h3-36H,1-2H3. The summed E-state index contributed by atoms with van der Waals surface area (Å²) in [5, 5.41) is 9.19. The fraction of sp³-hybridized carbons (Fsp3) is 0.0303. The minimum absolute atomic E-state index is 0.381. The van der Waals surface area contributed by atoms with Gasteiger partial charge in [0.25, 0.3) is 0 Å². The highest BCUT2D eigenvalue weighted by atomic mass is 32.1. The van der Waals surface area contributed by atoms with Crippen molar-refractivity contribution < 1.29 is 0 Å². The molecular formula is C66H40N10S2. The minimum atomic E-state index is 0.381. The molecule has 16 aromatic rings. The van der Waals surface area contributed by atoms with E-state index in [0.29, 0.717) is 46.7 Å². The second kappa shape index (κ2) is 17.3. The molecule has 7 aromatic heterocycles. The maximum atomic E-state index is 5.51. The van der Waals surface area contributed by atoms with Gasteiger partial charge in [-0.2, -0.15) is 9.97 Å². The monoisotopic (exact) mass is 1040 g/mol. The smallest absolute Gasteiger partial charge is 0.238 e. The first-order valence-corrected chi connectivity index (χ1v) is 27.4. The molecule has 0 aliphatic rings. The van der Waals surface area contributed by atoms with E-state index >= 15 is 0 Å². The lowest BCUT2D eigenvalue weighted by molar-refractivity contribution is 0.951. The van der Waals surface area contributed by atoms with Gasteiger partial charge in [0.2, 0.25) is 11.8 Å². The molecule has 0 spiro atoms. The summed E-state index contributed by atoms with van der Waals surface area (Å²) in [6.07, 6.45) is 1.80. The van der Waals surface area contributed by atoms with Crippen molar-refractivity contribution in [2.24, 2.45) is 0 Å². The molecule has 0 saturated carbocycles. The third-order valence-corrected chi connectivity index (χ3v) is 17.4. The maximum absolute atomic E-state index is 5.51. The second-order valence-corrected chi connectivity index (χ2v) is 21.7. The van der Waals surface area contributed by atoms with E-state index in [0.717, 1.165) is 77.0 Å². The van der Waals surface area contributed by atoms with E-state index in [-0.39, 0.29) is 0 Å². The van der Waals surface area contributed by atoms with Crippen LogP contribution in [0.15, 0.2) is 206 Å². The van der Waals surface area contributed by atoms with Crippen molar-refractivity contribution in [2.75, 3.05) is 0 Å². The molecule has 366 valence electrons. The van der Waals surface area contributed by atoms with Gasteiger partial charge in [-0.05, 0) is 91.7 Å². The topological polar surface area (TPSA) is 113 Å². The lowest BCUT2D eigenvalue weighted by Crippen LogP contribution is -2.08. The fourth-order valence-electron chi connectivity index (χ4n) is 11.4. The third kappa shape index (κ3) is 6.86. The molecule has 16 rings (SSSR count). The first-order chi connectivity index (χ1) is 38.5. The van der Waals surface area contributed by atoms with Crippen LogP contribution in [-0.4, -0.2) is 49.0 Å². The van der Waals surface area contributed by atoms with Crippen LogP contribution in [0.2, 0.25) is 0 Å². The van der Waals surface area contributed by atoms with E-state index in [2.05, 4.69) is 156 Å². The van der Waals surface area contributed by atoms with E-state index in [4.69, 9.17) is 39.9 Å². The highest BCUT2D eigenvalue weighted by Gasteiger charge is 2.27. The van der Waals surface area contributed by atoms with Gasteiger partial charge in [0.15, 0.2) is 29.1 Å². The molecule has 0 N–H and O–H groups in total. The van der Waals surface area contributed by atoms with E-state index in [1.807, 2.05) is 66.7 Å². The molecule has 0 amide bonds. The molecule has 0 saturated heterocycles. The third-order valence-electron chi connectivity index (χ3n) is 15.1. The van der Waals surface area contributed by atoms with Crippen molar-refractivity contribution in [1.29, 1.82) is 0 Å². The Balaban J connectivity index is 0.938. The van der Waals surface area contributed by atoms with Gasteiger partial charge in [0, 0.05) is 90.3 Å². The molecular weight excluding hydrogens is 997 g/mol. The first-order valence-electron chi connectivity index (χ1n) is 25.7. The SMILES string of the molecule is Cc1c(C)c2c(c3ccccc3n2-c2nc(-c3ccc4sc5ccccc5c4c3)nc(-c3ccc4sc5ccccc5c4c3)n2)c2c3ccccc3n(-c3ccnc(-c4nc(-c5ccccc5)nc(-c5ccccc5)n4)n3)c12. The van der Waals surface area contributed by atoms with Gasteiger partial charge in [0.05, 0.1) is 22.1 Å². The molecule has 0 aliphatic carbocycles. The average molecular weight is 1040 g/mol.